The lowest BCUT2D eigenvalue weighted by atomic mass is 10.1. The zero-order chi connectivity index (χ0) is 21.0. The number of amides is 1. The number of aryl methyl sites for hydroxylation is 1. The fourth-order valence-corrected chi connectivity index (χ4v) is 4.63. The first-order chi connectivity index (χ1) is 13.9. The Morgan fingerprint density at radius 1 is 1.21 bits per heavy atom. The molecule has 1 unspecified atom stereocenters. The van der Waals surface area contributed by atoms with Crippen molar-refractivity contribution in [1.29, 1.82) is 0 Å². The largest absolute Gasteiger partial charge is 0.465 e. The maximum atomic E-state index is 12.6. The molecule has 154 valence electrons. The normalized spacial score (nSPS) is 14.3. The number of nitrogens with zero attached hydrogens (tertiary/aromatic N) is 1. The summed E-state index contributed by atoms with van der Waals surface area (Å²) in [4.78, 5) is 42.1. The van der Waals surface area contributed by atoms with Gasteiger partial charge in [-0.15, -0.1) is 11.3 Å². The van der Waals surface area contributed by atoms with E-state index in [-0.39, 0.29) is 10.7 Å². The van der Waals surface area contributed by atoms with Crippen molar-refractivity contribution in [2.75, 3.05) is 12.4 Å². The van der Waals surface area contributed by atoms with Crippen LogP contribution in [0.15, 0.2) is 18.3 Å². The monoisotopic (exact) mass is 436 g/mol. The lowest BCUT2D eigenvalue weighted by Crippen LogP contribution is -2.30. The summed E-state index contributed by atoms with van der Waals surface area (Å²) in [5, 5.41) is 3.32. The van der Waals surface area contributed by atoms with Crippen LogP contribution in [0.25, 0.3) is 0 Å². The highest BCUT2D eigenvalue weighted by Gasteiger charge is 2.28. The first kappa shape index (κ1) is 21.3. The molecule has 0 spiro atoms. The van der Waals surface area contributed by atoms with Gasteiger partial charge in [0.25, 0.3) is 5.91 Å². The summed E-state index contributed by atoms with van der Waals surface area (Å²) in [7, 11) is 1.32. The van der Waals surface area contributed by atoms with E-state index < -0.39 is 23.9 Å². The molecule has 2 aromatic heterocycles. The molecule has 29 heavy (non-hydrogen) atoms. The first-order valence-corrected chi connectivity index (χ1v) is 10.5. The van der Waals surface area contributed by atoms with Gasteiger partial charge in [-0.1, -0.05) is 18.0 Å². The second-order valence-electron chi connectivity index (χ2n) is 6.66. The van der Waals surface area contributed by atoms with Gasteiger partial charge in [0, 0.05) is 11.1 Å². The van der Waals surface area contributed by atoms with Crippen molar-refractivity contribution in [3.8, 4) is 0 Å². The van der Waals surface area contributed by atoms with Crippen molar-refractivity contribution in [2.24, 2.45) is 0 Å². The highest BCUT2D eigenvalue weighted by molar-refractivity contribution is 7.17. The third kappa shape index (κ3) is 4.94. The summed E-state index contributed by atoms with van der Waals surface area (Å²) >= 11 is 7.16. The van der Waals surface area contributed by atoms with Crippen LogP contribution in [-0.4, -0.2) is 36.0 Å². The summed E-state index contributed by atoms with van der Waals surface area (Å²) in [6.45, 7) is 1.46. The van der Waals surface area contributed by atoms with Gasteiger partial charge < -0.3 is 14.8 Å². The van der Waals surface area contributed by atoms with Crippen LogP contribution in [0.3, 0.4) is 0 Å². The Morgan fingerprint density at radius 3 is 2.69 bits per heavy atom. The topological polar surface area (TPSA) is 94.6 Å². The number of esters is 2. The predicted octanol–water partition coefficient (Wildman–Crippen LogP) is 4.04. The Labute approximate surface area is 177 Å². The van der Waals surface area contributed by atoms with Gasteiger partial charge in [0.15, 0.2) is 6.10 Å². The number of hydrogen-bond donors (Lipinski definition) is 1. The number of nitrogens with one attached hydrogen (secondary N) is 1. The minimum absolute atomic E-state index is 0.152. The van der Waals surface area contributed by atoms with E-state index in [1.807, 2.05) is 0 Å². The molecule has 1 amide bonds. The number of rotatable bonds is 5. The van der Waals surface area contributed by atoms with Crippen LogP contribution < -0.4 is 5.32 Å². The van der Waals surface area contributed by atoms with Crippen molar-refractivity contribution in [1.82, 2.24) is 4.98 Å². The van der Waals surface area contributed by atoms with Crippen molar-refractivity contribution in [2.45, 2.75) is 45.1 Å². The number of fused-ring (bicyclic) bond motifs is 1. The number of pyridine rings is 1. The molecule has 1 aliphatic rings. The summed E-state index contributed by atoms with van der Waals surface area (Å²) in [5.41, 5.74) is 1.55. The molecular weight excluding hydrogens is 416 g/mol. The van der Waals surface area contributed by atoms with E-state index in [0.717, 1.165) is 42.5 Å². The Balaban J connectivity index is 1.76. The van der Waals surface area contributed by atoms with E-state index in [9.17, 15) is 14.4 Å². The molecule has 0 radical (unpaired) electrons. The first-order valence-electron chi connectivity index (χ1n) is 9.27. The fourth-order valence-electron chi connectivity index (χ4n) is 3.17. The van der Waals surface area contributed by atoms with E-state index in [1.165, 1.54) is 43.7 Å². The summed E-state index contributed by atoms with van der Waals surface area (Å²) in [6, 6.07) is 2.81. The van der Waals surface area contributed by atoms with Gasteiger partial charge in [0.05, 0.1) is 18.2 Å². The summed E-state index contributed by atoms with van der Waals surface area (Å²) in [6.07, 6.45) is 5.10. The van der Waals surface area contributed by atoms with Crippen LogP contribution in [-0.2, 0) is 27.1 Å². The minimum atomic E-state index is -1.07. The number of anilines is 1. The van der Waals surface area contributed by atoms with Gasteiger partial charge in [-0.05, 0) is 50.3 Å². The Morgan fingerprint density at radius 2 is 1.97 bits per heavy atom. The Bertz CT molecular complexity index is 943. The van der Waals surface area contributed by atoms with Crippen molar-refractivity contribution < 1.29 is 23.9 Å². The predicted molar refractivity (Wildman–Crippen MR) is 110 cm³/mol. The number of thiophene rings is 1. The van der Waals surface area contributed by atoms with E-state index >= 15 is 0 Å². The molecule has 9 heteroatoms. The van der Waals surface area contributed by atoms with Crippen LogP contribution >= 0.6 is 22.9 Å². The number of aromatic nitrogens is 1. The van der Waals surface area contributed by atoms with Gasteiger partial charge in [-0.2, -0.15) is 0 Å². The quantitative estimate of drug-likeness (QED) is 0.432. The average Bonchev–Trinajstić information content (AvgIpc) is 2.87. The molecule has 0 fully saturated rings. The molecule has 1 aliphatic carbocycles. The number of hydrogen-bond acceptors (Lipinski definition) is 7. The van der Waals surface area contributed by atoms with Crippen LogP contribution in [0.4, 0.5) is 5.00 Å². The van der Waals surface area contributed by atoms with Crippen molar-refractivity contribution in [3.05, 3.63) is 45.1 Å². The molecule has 0 aromatic carbocycles. The van der Waals surface area contributed by atoms with Gasteiger partial charge in [0.1, 0.15) is 10.2 Å². The maximum absolute atomic E-state index is 12.6. The smallest absolute Gasteiger partial charge is 0.341 e. The van der Waals surface area contributed by atoms with Gasteiger partial charge >= 0.3 is 11.9 Å². The summed E-state index contributed by atoms with van der Waals surface area (Å²) in [5.74, 6) is -1.69. The van der Waals surface area contributed by atoms with Crippen LogP contribution in [0.5, 0.6) is 0 Å². The molecule has 1 atom stereocenters. The van der Waals surface area contributed by atoms with Crippen LogP contribution in [0.1, 0.15) is 57.3 Å². The lowest BCUT2D eigenvalue weighted by Gasteiger charge is -2.14. The van der Waals surface area contributed by atoms with E-state index in [0.29, 0.717) is 10.6 Å². The van der Waals surface area contributed by atoms with Crippen molar-refractivity contribution >= 4 is 45.8 Å². The van der Waals surface area contributed by atoms with Crippen LogP contribution in [0.2, 0.25) is 5.15 Å². The Kier molecular flexibility index (Phi) is 6.87. The molecule has 0 saturated carbocycles. The molecular formula is C20H21ClN2O5S. The van der Waals surface area contributed by atoms with Crippen molar-refractivity contribution in [3.63, 3.8) is 0 Å². The minimum Gasteiger partial charge on any atom is -0.465 e. The zero-order valence-electron chi connectivity index (χ0n) is 16.1. The van der Waals surface area contributed by atoms with Gasteiger partial charge in [0.2, 0.25) is 0 Å². The molecule has 0 aliphatic heterocycles. The second kappa shape index (κ2) is 9.37. The highest BCUT2D eigenvalue weighted by Crippen LogP contribution is 2.38. The van der Waals surface area contributed by atoms with Crippen LogP contribution in [0, 0.1) is 0 Å². The number of methoxy groups -OCH3 is 1. The van der Waals surface area contributed by atoms with E-state index in [1.54, 1.807) is 0 Å². The van der Waals surface area contributed by atoms with Gasteiger partial charge in [-0.25, -0.2) is 14.6 Å². The average molecular weight is 437 g/mol. The van der Waals surface area contributed by atoms with E-state index in [2.05, 4.69) is 10.3 Å². The number of carbonyl (C=O) groups excluding carboxylic acids is 3. The lowest BCUT2D eigenvalue weighted by molar-refractivity contribution is -0.123. The Hall–Kier alpha value is -2.45. The number of halogens is 1. The standard InChI is InChI=1S/C20H21ClN2O5S/c1-11(28-19(25)12-8-9-22-15(21)10-12)17(24)23-18-16(20(26)27-2)13-6-4-3-5-7-14(13)29-18/h8-11H,3-7H2,1-2H3,(H,23,24). The third-order valence-corrected chi connectivity index (χ3v) is 6.08. The molecule has 0 saturated heterocycles. The molecule has 0 bridgehead atoms. The zero-order valence-corrected chi connectivity index (χ0v) is 17.7. The highest BCUT2D eigenvalue weighted by atomic mass is 35.5. The third-order valence-electron chi connectivity index (χ3n) is 4.66. The second-order valence-corrected chi connectivity index (χ2v) is 8.16. The maximum Gasteiger partial charge on any atom is 0.341 e. The number of ether oxygens (including phenoxy) is 2. The molecule has 3 rings (SSSR count). The van der Waals surface area contributed by atoms with Gasteiger partial charge in [-0.3, -0.25) is 4.79 Å². The molecule has 2 heterocycles. The SMILES string of the molecule is COC(=O)c1c(NC(=O)C(C)OC(=O)c2ccnc(Cl)c2)sc2c1CCCCC2. The number of carbonyl (C=O) groups is 3. The summed E-state index contributed by atoms with van der Waals surface area (Å²) < 4.78 is 10.2. The molecule has 2 aromatic rings. The fraction of sp³-hybridized carbons (Fsp3) is 0.400. The van der Waals surface area contributed by atoms with E-state index in [4.69, 9.17) is 21.1 Å². The molecule has 1 N–H and O–H groups in total. The molecule has 7 nitrogen and oxygen atoms in total.